The Hall–Kier alpha value is 0.845. The molecule has 1 rings (SSSR count). The highest BCUT2D eigenvalue weighted by Gasteiger charge is 2.52. The van der Waals surface area contributed by atoms with Gasteiger partial charge in [0.05, 0.1) is 0 Å². The van der Waals surface area contributed by atoms with Crippen molar-refractivity contribution in [2.75, 3.05) is 25.4 Å². The molecule has 0 aromatic heterocycles. The summed E-state index contributed by atoms with van der Waals surface area (Å²) in [5.74, 6) is 0. The maximum Gasteiger partial charge on any atom is 0.314 e. The van der Waals surface area contributed by atoms with E-state index in [4.69, 9.17) is 0 Å². The second-order valence-corrected chi connectivity index (χ2v) is 23.3. The van der Waals surface area contributed by atoms with Crippen LogP contribution in [0.5, 0.6) is 0 Å². The molecule has 2 nitrogen and oxygen atoms in total. The minimum absolute atomic E-state index is 0.0199. The normalized spacial score (nSPS) is 20.7. The van der Waals surface area contributed by atoms with E-state index >= 15 is 0 Å². The van der Waals surface area contributed by atoms with Gasteiger partial charge in [0, 0.05) is 11.1 Å². The van der Waals surface area contributed by atoms with Crippen molar-refractivity contribution in [1.29, 1.82) is 0 Å². The van der Waals surface area contributed by atoms with Gasteiger partial charge in [-0.2, -0.15) is 0 Å². The molecule has 33 heavy (non-hydrogen) atoms. The van der Waals surface area contributed by atoms with E-state index in [1.807, 2.05) is 0 Å². The summed E-state index contributed by atoms with van der Waals surface area (Å²) in [6, 6.07) is 0. The molecule has 0 aromatic rings. The van der Waals surface area contributed by atoms with Gasteiger partial charge in [-0.3, -0.25) is 0 Å². The number of hydrogen-bond donors (Lipinski definition) is 0. The molecule has 0 spiro atoms. The Morgan fingerprint density at radius 2 is 0.758 bits per heavy atom. The number of nitrogens with zero attached hydrogens (tertiary/aromatic N) is 2. The first kappa shape index (κ1) is 31.9. The predicted molar refractivity (Wildman–Crippen MR) is 159 cm³/mol. The van der Waals surface area contributed by atoms with E-state index in [0.29, 0.717) is 20.6 Å². The highest BCUT2D eigenvalue weighted by atomic mass is 31.1. The quantitative estimate of drug-likeness (QED) is 0.245. The van der Waals surface area contributed by atoms with Gasteiger partial charge >= 0.3 is 7.55 Å². The third kappa shape index (κ3) is 8.17. The van der Waals surface area contributed by atoms with Crippen LogP contribution >= 0.6 is 15.8 Å². The highest BCUT2D eigenvalue weighted by Crippen LogP contribution is 2.60. The fourth-order valence-electron chi connectivity index (χ4n) is 5.99. The van der Waals surface area contributed by atoms with E-state index in [1.165, 1.54) is 38.3 Å². The van der Waals surface area contributed by atoms with Gasteiger partial charge < -0.3 is 9.62 Å². The number of hydrogen-bond acceptors (Lipinski definition) is 2. The van der Waals surface area contributed by atoms with Crippen LogP contribution < -0.4 is 0 Å². The third-order valence-corrected chi connectivity index (χ3v) is 16.0. The van der Waals surface area contributed by atoms with E-state index in [1.54, 1.807) is 0 Å². The lowest BCUT2D eigenvalue weighted by Crippen LogP contribution is -2.54. The fourth-order valence-corrected chi connectivity index (χ4v) is 13.6. The van der Waals surface area contributed by atoms with Gasteiger partial charge in [0.2, 0.25) is 0 Å². The van der Waals surface area contributed by atoms with Crippen LogP contribution in [0.2, 0.25) is 0 Å². The maximum atomic E-state index is 2.67. The van der Waals surface area contributed by atoms with Gasteiger partial charge in [-0.1, -0.05) is 98.9 Å². The zero-order valence-corrected chi connectivity index (χ0v) is 27.4. The Labute approximate surface area is 213 Å². The van der Waals surface area contributed by atoms with Gasteiger partial charge in [0.25, 0.3) is 0 Å². The molecule has 5 heteroatoms. The van der Waals surface area contributed by atoms with E-state index < -0.39 is 0 Å². The first-order valence-electron chi connectivity index (χ1n) is 13.4. The largest absolute Gasteiger partial charge is 0.325 e. The fraction of sp³-hybridized carbons (Fsp3) is 1.00. The Balaban J connectivity index is 2.81. The van der Waals surface area contributed by atoms with E-state index in [-0.39, 0.29) is 26.9 Å². The first-order chi connectivity index (χ1) is 14.4. The lowest BCUT2D eigenvalue weighted by atomic mass is 9.82. The van der Waals surface area contributed by atoms with E-state index in [2.05, 4.69) is 128 Å². The lowest BCUT2D eigenvalue weighted by Gasteiger charge is -2.45. The number of rotatable bonds is 8. The van der Waals surface area contributed by atoms with Crippen molar-refractivity contribution in [1.82, 2.24) is 9.62 Å². The second-order valence-electron chi connectivity index (χ2n) is 15.3. The molecule has 1 aliphatic heterocycles. The monoisotopic (exact) mass is 497 g/mol. The standard InChI is InChI=1S/C28H60BN2P2/c1-23(2,3)32(24(4,5)6)21-17-19-30-27(13,14)28(15,16)31(29-30)20-18-22-33(25(7,8)9)26(10,11)12/h17-22H2,1-16H3. The van der Waals surface area contributed by atoms with Crippen LogP contribution in [-0.4, -0.2) is 74.3 Å². The van der Waals surface area contributed by atoms with Gasteiger partial charge in [-0.25, -0.2) is 0 Å². The molecule has 195 valence electrons. The molecule has 0 unspecified atom stereocenters. The molecule has 0 aliphatic carbocycles. The van der Waals surface area contributed by atoms with E-state index in [9.17, 15) is 0 Å². The summed E-state index contributed by atoms with van der Waals surface area (Å²) in [6.07, 6.45) is 5.32. The molecule has 1 radical (unpaired) electrons. The molecule has 0 atom stereocenters. The van der Waals surface area contributed by atoms with Crippen LogP contribution in [0, 0.1) is 0 Å². The molecule has 0 aromatic carbocycles. The minimum Gasteiger partial charge on any atom is -0.325 e. The van der Waals surface area contributed by atoms with Gasteiger partial charge in [-0.15, -0.1) is 0 Å². The molecule has 0 amide bonds. The molecule has 1 saturated heterocycles. The Kier molecular flexibility index (Phi) is 10.3. The van der Waals surface area contributed by atoms with Crippen LogP contribution in [0.15, 0.2) is 0 Å². The summed E-state index contributed by atoms with van der Waals surface area (Å²) in [6.45, 7) is 41.6. The molecule has 1 heterocycles. The van der Waals surface area contributed by atoms with Crippen LogP contribution in [-0.2, 0) is 0 Å². The van der Waals surface area contributed by atoms with Crippen molar-refractivity contribution < 1.29 is 0 Å². The summed E-state index contributed by atoms with van der Waals surface area (Å²) in [5.41, 5.74) is 0.302. The molecule has 1 fully saturated rings. The summed E-state index contributed by atoms with van der Waals surface area (Å²) in [7, 11) is 2.45. The SMILES string of the molecule is CC(C)(C)P(CCCN1[B]N(CCCP(C(C)(C)C)C(C)(C)C)C(C)(C)C1(C)C)C(C)(C)C. The summed E-state index contributed by atoms with van der Waals surface area (Å²) in [5, 5.41) is 1.67. The topological polar surface area (TPSA) is 6.48 Å². The molecule has 0 saturated carbocycles. The molecule has 0 bridgehead atoms. The van der Waals surface area contributed by atoms with Crippen molar-refractivity contribution in [3.8, 4) is 0 Å². The van der Waals surface area contributed by atoms with Gasteiger partial charge in [0.1, 0.15) is 0 Å². The summed E-state index contributed by atoms with van der Waals surface area (Å²) in [4.78, 5) is 5.34. The van der Waals surface area contributed by atoms with Gasteiger partial charge in [0.15, 0.2) is 0 Å². The van der Waals surface area contributed by atoms with Crippen molar-refractivity contribution in [3.63, 3.8) is 0 Å². The molecule has 1 aliphatic rings. The maximum absolute atomic E-state index is 2.67. The molecular weight excluding hydrogens is 437 g/mol. The van der Waals surface area contributed by atoms with Crippen molar-refractivity contribution >= 4 is 23.4 Å². The van der Waals surface area contributed by atoms with Crippen LogP contribution in [0.25, 0.3) is 0 Å². The van der Waals surface area contributed by atoms with Crippen LogP contribution in [0.3, 0.4) is 0 Å². The lowest BCUT2D eigenvalue weighted by molar-refractivity contribution is 0.108. The van der Waals surface area contributed by atoms with Crippen molar-refractivity contribution in [3.05, 3.63) is 0 Å². The average Bonchev–Trinajstić information content (AvgIpc) is 2.69. The van der Waals surface area contributed by atoms with Crippen molar-refractivity contribution in [2.24, 2.45) is 0 Å². The summed E-state index contributed by atoms with van der Waals surface area (Å²) >= 11 is 0. The zero-order chi connectivity index (χ0) is 26.3. The highest BCUT2D eigenvalue weighted by molar-refractivity contribution is 7.61. The summed E-state index contributed by atoms with van der Waals surface area (Å²) < 4.78 is 0. The predicted octanol–water partition coefficient (Wildman–Crippen LogP) is 8.63. The first-order valence-corrected chi connectivity index (χ1v) is 16.4. The van der Waals surface area contributed by atoms with Gasteiger partial charge in [-0.05, 0) is 86.6 Å². The Morgan fingerprint density at radius 1 is 0.515 bits per heavy atom. The minimum atomic E-state index is -0.0199. The zero-order valence-electron chi connectivity index (χ0n) is 25.6. The third-order valence-electron chi connectivity index (χ3n) is 8.01. The molecule has 0 N–H and O–H groups in total. The second kappa shape index (κ2) is 10.7. The Morgan fingerprint density at radius 3 is 0.970 bits per heavy atom. The Bertz CT molecular complexity index is 536. The smallest absolute Gasteiger partial charge is 0.314 e. The average molecular weight is 498 g/mol. The van der Waals surface area contributed by atoms with Crippen molar-refractivity contribution in [2.45, 2.75) is 155 Å². The van der Waals surface area contributed by atoms with E-state index in [0.717, 1.165) is 0 Å². The van der Waals surface area contributed by atoms with Crippen LogP contribution in [0.1, 0.15) is 124 Å². The molecular formula is C28H60BN2P2. The van der Waals surface area contributed by atoms with Crippen LogP contribution in [0.4, 0.5) is 0 Å².